The van der Waals surface area contributed by atoms with Crippen molar-refractivity contribution in [3.8, 4) is 0 Å². The molecule has 2 heterocycles. The van der Waals surface area contributed by atoms with Crippen LogP contribution in [0.25, 0.3) is 0 Å². The predicted molar refractivity (Wildman–Crippen MR) is 121 cm³/mol. The summed E-state index contributed by atoms with van der Waals surface area (Å²) in [4.78, 5) is 15.2. The number of carboxylic acid groups (broad SMARTS) is 1. The molecule has 0 radical (unpaired) electrons. The molecule has 1 aliphatic rings. The number of hydrogen-bond donors (Lipinski definition) is 5. The zero-order valence-corrected chi connectivity index (χ0v) is 19.2. The van der Waals surface area contributed by atoms with E-state index in [1.165, 1.54) is 17.7 Å². The zero-order chi connectivity index (χ0) is 22.8. The van der Waals surface area contributed by atoms with Crippen molar-refractivity contribution < 1.29 is 9.90 Å². The molecule has 0 saturated carbocycles. The monoisotopic (exact) mass is 410 g/mol. The second-order valence-electron chi connectivity index (χ2n) is 6.56. The molecular formula is C21H42N6O2. The largest absolute Gasteiger partial charge is 0.481 e. The average Bonchev–Trinajstić information content (AvgIpc) is 3.27. The van der Waals surface area contributed by atoms with Crippen LogP contribution in [0.4, 0.5) is 0 Å². The van der Waals surface area contributed by atoms with Gasteiger partial charge in [-0.25, -0.2) is 5.84 Å². The van der Waals surface area contributed by atoms with Crippen LogP contribution in [0, 0.1) is 18.8 Å². The summed E-state index contributed by atoms with van der Waals surface area (Å²) in [6.07, 6.45) is 3.41. The molecule has 0 amide bonds. The van der Waals surface area contributed by atoms with Crippen LogP contribution >= 0.6 is 0 Å². The number of hydrogen-bond acceptors (Lipinski definition) is 6. The first kappa shape index (κ1) is 29.0. The first-order valence-electron chi connectivity index (χ1n) is 10.5. The zero-order valence-electron chi connectivity index (χ0n) is 19.2. The number of aryl methyl sites for hydroxylation is 1. The topological polar surface area (TPSA) is 139 Å². The third-order valence-electron chi connectivity index (χ3n) is 4.27. The van der Waals surface area contributed by atoms with Gasteiger partial charge in [-0.15, -0.1) is 0 Å². The highest BCUT2D eigenvalue weighted by Crippen LogP contribution is 2.19. The van der Waals surface area contributed by atoms with Gasteiger partial charge in [0.25, 0.3) is 0 Å². The summed E-state index contributed by atoms with van der Waals surface area (Å²) in [6, 6.07) is 4.29. The fraction of sp³-hybridized carbons (Fsp3) is 0.667. The molecule has 2 rings (SSSR count). The minimum absolute atomic E-state index is 0.0163. The molecule has 0 bridgehead atoms. The Kier molecular flexibility index (Phi) is 17.9. The summed E-state index contributed by atoms with van der Waals surface area (Å²) in [6.45, 7) is 16.0. The lowest BCUT2D eigenvalue weighted by Crippen LogP contribution is -2.35. The van der Waals surface area contributed by atoms with Crippen molar-refractivity contribution in [2.24, 2.45) is 28.6 Å². The highest BCUT2D eigenvalue weighted by Gasteiger charge is 2.23. The minimum Gasteiger partial charge on any atom is -0.481 e. The maximum atomic E-state index is 10.7. The lowest BCUT2D eigenvalue weighted by Gasteiger charge is -2.16. The number of carbonyl (C=O) groups is 1. The number of hydrazine groups is 1. The van der Waals surface area contributed by atoms with E-state index in [9.17, 15) is 4.79 Å². The Morgan fingerprint density at radius 2 is 1.97 bits per heavy atom. The third kappa shape index (κ3) is 12.1. The third-order valence-corrected chi connectivity index (χ3v) is 4.27. The van der Waals surface area contributed by atoms with Crippen LogP contribution in [0.5, 0.6) is 0 Å². The molecule has 2 unspecified atom stereocenters. The summed E-state index contributed by atoms with van der Waals surface area (Å²) in [5, 5.41) is 15.5. The Morgan fingerprint density at radius 3 is 2.31 bits per heavy atom. The van der Waals surface area contributed by atoms with Gasteiger partial charge in [0.15, 0.2) is 0 Å². The molecule has 0 aromatic carbocycles. The van der Waals surface area contributed by atoms with Crippen molar-refractivity contribution in [1.82, 2.24) is 15.7 Å². The van der Waals surface area contributed by atoms with Crippen molar-refractivity contribution in [1.29, 1.82) is 0 Å². The van der Waals surface area contributed by atoms with Gasteiger partial charge in [0.2, 0.25) is 0 Å². The Morgan fingerprint density at radius 1 is 1.34 bits per heavy atom. The van der Waals surface area contributed by atoms with Crippen LogP contribution in [0.2, 0.25) is 0 Å². The van der Waals surface area contributed by atoms with Crippen molar-refractivity contribution in [2.75, 3.05) is 13.1 Å². The van der Waals surface area contributed by atoms with E-state index in [-0.39, 0.29) is 12.3 Å². The molecular weight excluding hydrogens is 368 g/mol. The van der Waals surface area contributed by atoms with Crippen LogP contribution in [-0.2, 0) is 4.79 Å². The van der Waals surface area contributed by atoms with Crippen molar-refractivity contribution >= 4 is 11.8 Å². The fourth-order valence-corrected chi connectivity index (χ4v) is 2.59. The first-order valence-corrected chi connectivity index (χ1v) is 10.5. The maximum Gasteiger partial charge on any atom is 0.307 e. The SMILES string of the molecule is CC.CC.CC(C)C(C/C(=N/N)NN)C(=O)O.Cc1ccc(C2CCNC2)nc1. The lowest BCUT2D eigenvalue weighted by atomic mass is 9.92. The number of nitrogens with one attached hydrogen (secondary N) is 2. The van der Waals surface area contributed by atoms with Crippen LogP contribution in [-0.4, -0.2) is 35.0 Å². The smallest absolute Gasteiger partial charge is 0.307 e. The van der Waals surface area contributed by atoms with E-state index in [1.54, 1.807) is 0 Å². The Hall–Kier alpha value is -2.19. The van der Waals surface area contributed by atoms with E-state index in [4.69, 9.17) is 16.8 Å². The molecule has 0 aliphatic carbocycles. The van der Waals surface area contributed by atoms with Gasteiger partial charge in [-0.1, -0.05) is 47.6 Å². The predicted octanol–water partition coefficient (Wildman–Crippen LogP) is 2.99. The van der Waals surface area contributed by atoms with Crippen LogP contribution < -0.4 is 22.4 Å². The molecule has 1 saturated heterocycles. The molecule has 0 spiro atoms. The van der Waals surface area contributed by atoms with E-state index in [0.29, 0.717) is 11.8 Å². The number of nitrogens with zero attached hydrogens (tertiary/aromatic N) is 2. The summed E-state index contributed by atoms with van der Waals surface area (Å²) in [5.74, 6) is 9.63. The quantitative estimate of drug-likeness (QED) is 0.218. The summed E-state index contributed by atoms with van der Waals surface area (Å²) in [5.41, 5.74) is 4.74. The fourth-order valence-electron chi connectivity index (χ4n) is 2.59. The number of rotatable bonds is 5. The van der Waals surface area contributed by atoms with Crippen molar-refractivity contribution in [3.05, 3.63) is 29.6 Å². The number of carboxylic acids is 1. The molecule has 2 atom stereocenters. The molecule has 1 fully saturated rings. The van der Waals surface area contributed by atoms with Gasteiger partial charge in [-0.2, -0.15) is 5.10 Å². The molecule has 8 nitrogen and oxygen atoms in total. The molecule has 1 aromatic rings. The number of amidine groups is 1. The van der Waals surface area contributed by atoms with Crippen molar-refractivity contribution in [2.45, 2.75) is 67.2 Å². The Labute approximate surface area is 176 Å². The van der Waals surface area contributed by atoms with Gasteiger partial charge < -0.3 is 21.7 Å². The van der Waals surface area contributed by atoms with Gasteiger partial charge in [0, 0.05) is 30.8 Å². The van der Waals surface area contributed by atoms with Crippen molar-refractivity contribution in [3.63, 3.8) is 0 Å². The van der Waals surface area contributed by atoms with Gasteiger partial charge in [0.05, 0.1) is 5.92 Å². The van der Waals surface area contributed by atoms with E-state index in [0.717, 1.165) is 13.1 Å². The Balaban J connectivity index is 0. The highest BCUT2D eigenvalue weighted by atomic mass is 16.4. The van der Waals surface area contributed by atoms with Gasteiger partial charge in [0.1, 0.15) is 5.84 Å². The number of nitrogens with two attached hydrogens (primary N) is 2. The van der Waals surface area contributed by atoms with Crippen LogP contribution in [0.3, 0.4) is 0 Å². The average molecular weight is 411 g/mol. The standard InChI is InChI=1S/C10H14N2.C7H16N4O2.2C2H6/c1-8-2-3-10(12-6-8)9-4-5-11-7-9;1-4(2)5(7(12)13)3-6(10-8)11-9;2*1-2/h2-3,6,9,11H,4-5,7H2,1H3;4-5H,3,8-9H2,1-2H3,(H,10,11)(H,12,13);2*1-2H3. The number of aromatic nitrogens is 1. The molecule has 7 N–H and O–H groups in total. The van der Waals surface area contributed by atoms with E-state index in [1.807, 2.05) is 47.7 Å². The van der Waals surface area contributed by atoms with E-state index >= 15 is 0 Å². The van der Waals surface area contributed by atoms with E-state index < -0.39 is 11.9 Å². The number of hydrazone groups is 1. The highest BCUT2D eigenvalue weighted by molar-refractivity contribution is 5.85. The van der Waals surface area contributed by atoms with Gasteiger partial charge >= 0.3 is 5.97 Å². The second-order valence-corrected chi connectivity index (χ2v) is 6.56. The number of pyridine rings is 1. The molecule has 8 heteroatoms. The second kappa shape index (κ2) is 17.9. The molecule has 168 valence electrons. The molecule has 1 aliphatic heterocycles. The summed E-state index contributed by atoms with van der Waals surface area (Å²) < 4.78 is 0. The Bertz CT molecular complexity index is 555. The maximum absolute atomic E-state index is 10.7. The van der Waals surface area contributed by atoms with Crippen LogP contribution in [0.1, 0.15) is 71.6 Å². The van der Waals surface area contributed by atoms with Gasteiger partial charge in [-0.3, -0.25) is 9.78 Å². The van der Waals surface area contributed by atoms with Crippen LogP contribution in [0.15, 0.2) is 23.4 Å². The summed E-state index contributed by atoms with van der Waals surface area (Å²) >= 11 is 0. The van der Waals surface area contributed by atoms with E-state index in [2.05, 4.69) is 39.9 Å². The minimum atomic E-state index is -0.869. The summed E-state index contributed by atoms with van der Waals surface area (Å²) in [7, 11) is 0. The normalized spacial score (nSPS) is 16.3. The lowest BCUT2D eigenvalue weighted by molar-refractivity contribution is -0.142. The molecule has 29 heavy (non-hydrogen) atoms. The number of aliphatic carboxylic acids is 1. The first-order chi connectivity index (χ1) is 13.9. The molecule has 1 aromatic heterocycles. The van der Waals surface area contributed by atoms with Gasteiger partial charge in [-0.05, 0) is 37.4 Å².